The van der Waals surface area contributed by atoms with Gasteiger partial charge in [-0.3, -0.25) is 19.6 Å². The number of hydrogen-bond acceptors (Lipinski definition) is 16. The molecule has 0 unspecified atom stereocenters. The number of oxime groups is 1. The van der Waals surface area contributed by atoms with Crippen molar-refractivity contribution in [2.75, 3.05) is 27.8 Å². The number of likely N-dealkylation sites (N-methyl/N-ethyl adjacent to an activating group) is 1. The first-order valence-corrected chi connectivity index (χ1v) is 22.8. The summed E-state index contributed by atoms with van der Waals surface area (Å²) in [6, 6.07) is 12.7. The number of fused-ring (bicyclic) bond motifs is 2. The molecule has 6 rings (SSSR count). The lowest BCUT2D eigenvalue weighted by Gasteiger charge is -2.48. The topological polar surface area (TPSA) is 187 Å². The van der Waals surface area contributed by atoms with Crippen LogP contribution in [-0.2, 0) is 54.0 Å². The van der Waals surface area contributed by atoms with E-state index in [-0.39, 0.29) is 38.0 Å². The maximum absolute atomic E-state index is 14.6. The maximum Gasteiger partial charge on any atom is 0.509 e. The van der Waals surface area contributed by atoms with Gasteiger partial charge in [0.1, 0.15) is 18.3 Å². The van der Waals surface area contributed by atoms with E-state index in [1.807, 2.05) is 84.8 Å². The van der Waals surface area contributed by atoms with Crippen LogP contribution in [-0.4, -0.2) is 132 Å². The fourth-order valence-corrected chi connectivity index (χ4v) is 9.91. The molecule has 3 aliphatic rings. The quantitative estimate of drug-likeness (QED) is 0.0786. The van der Waals surface area contributed by atoms with Gasteiger partial charge >= 0.3 is 18.1 Å². The number of benzene rings is 1. The number of carbonyl (C=O) groups is 3. The number of hydrogen-bond donors (Lipinski definition) is 1. The molecular weight excluding hydrogens is 849 g/mol. The van der Waals surface area contributed by atoms with Crippen molar-refractivity contribution in [2.24, 2.45) is 28.8 Å². The Balaban J connectivity index is 1.44. The van der Waals surface area contributed by atoms with Crippen molar-refractivity contribution in [1.29, 1.82) is 0 Å². The second kappa shape index (κ2) is 21.6. The number of aliphatic hydroxyl groups excluding tert-OH is 1. The van der Waals surface area contributed by atoms with Crippen LogP contribution >= 0.6 is 0 Å². The first kappa shape index (κ1) is 50.2. The minimum atomic E-state index is -1.48. The number of nitrogens with zero attached hydrogens (tertiary/aromatic N) is 4. The zero-order chi connectivity index (χ0) is 47.9. The Morgan fingerprint density at radius 1 is 1.02 bits per heavy atom. The zero-order valence-corrected chi connectivity index (χ0v) is 40.0. The summed E-state index contributed by atoms with van der Waals surface area (Å²) in [5, 5.41) is 18.4. The highest BCUT2D eigenvalue weighted by molar-refractivity contribution is 5.89. The van der Waals surface area contributed by atoms with E-state index < -0.39 is 89.8 Å². The van der Waals surface area contributed by atoms with Crippen molar-refractivity contribution in [2.45, 2.75) is 141 Å². The van der Waals surface area contributed by atoms with Crippen molar-refractivity contribution in [3.8, 4) is 11.8 Å². The van der Waals surface area contributed by atoms with Crippen LogP contribution in [0.4, 0.5) is 4.79 Å². The first-order chi connectivity index (χ1) is 31.4. The SMILES string of the molecule is CC[C@H]1OC(=O)[C@H](C)[C@@H](OC(=O)Cc2ccccn2)[C@H](C)[C@@H](O[C@@H]2O[C@H](C)C[C@H](N(C)C)[C@H]2O)[C@](C)(OC)C[C@@H](C)/C(=N\OCC#Cc2cncc3ccccc23)[C@H](C)[C@H]2OC(=O)O[C@@]21C. The number of rotatable bonds is 10. The molecule has 0 amide bonds. The standard InChI is InChI=1S/C50H66N4O12/c1-12-39-50(8)45(65-48(58)66-50)31(4)41(53-60-23-17-19-35-28-51-27-34-18-13-14-21-37(34)35)29(2)26-49(7,59-11)44(64-47-42(56)38(54(9)10)24-30(3)61-47)32(5)43(33(6)46(57)62-39)63-40(55)25-36-20-15-16-22-52-36/h13-16,18,20-22,27-33,38-39,42-45,47,56H,12,23-26H2,1-11H3/b53-41+/t29-,30-,31+,32+,33-,38+,39-,42-,43+,44-,45-,47+,49-,50-/m1/s1. The lowest BCUT2D eigenvalue weighted by Crippen LogP contribution is -2.60. The highest BCUT2D eigenvalue weighted by Gasteiger charge is 2.59. The minimum Gasteiger partial charge on any atom is -0.461 e. The molecule has 1 aromatic carbocycles. The van der Waals surface area contributed by atoms with Gasteiger partial charge in [0, 0.05) is 60.3 Å². The molecule has 3 fully saturated rings. The van der Waals surface area contributed by atoms with Gasteiger partial charge in [0.05, 0.1) is 47.1 Å². The Labute approximate surface area is 388 Å². The van der Waals surface area contributed by atoms with E-state index >= 15 is 0 Å². The summed E-state index contributed by atoms with van der Waals surface area (Å²) < 4.78 is 44.2. The molecule has 3 aliphatic heterocycles. The molecule has 0 saturated carbocycles. The molecule has 0 radical (unpaired) electrons. The average molecular weight is 915 g/mol. The molecule has 66 heavy (non-hydrogen) atoms. The van der Waals surface area contributed by atoms with Gasteiger partial charge in [-0.2, -0.15) is 0 Å². The lowest BCUT2D eigenvalue weighted by molar-refractivity contribution is -0.301. The van der Waals surface area contributed by atoms with Gasteiger partial charge in [-0.25, -0.2) is 4.79 Å². The van der Waals surface area contributed by atoms with E-state index in [9.17, 15) is 19.5 Å². The molecule has 0 aliphatic carbocycles. The van der Waals surface area contributed by atoms with E-state index in [4.69, 9.17) is 43.2 Å². The van der Waals surface area contributed by atoms with Crippen molar-refractivity contribution in [3.63, 3.8) is 0 Å². The predicted octanol–water partition coefficient (Wildman–Crippen LogP) is 6.29. The Bertz CT molecular complexity index is 2240. The molecule has 2 aromatic heterocycles. The van der Waals surface area contributed by atoms with Crippen LogP contribution in [0.5, 0.6) is 0 Å². The average Bonchev–Trinajstić information content (AvgIpc) is 3.61. The molecule has 5 heterocycles. The van der Waals surface area contributed by atoms with Gasteiger partial charge in [-0.05, 0) is 73.2 Å². The summed E-state index contributed by atoms with van der Waals surface area (Å²) in [6.07, 6.45) is -1.75. The molecule has 358 valence electrons. The van der Waals surface area contributed by atoms with Crippen molar-refractivity contribution in [1.82, 2.24) is 14.9 Å². The molecular formula is C50H66N4O12. The Morgan fingerprint density at radius 3 is 2.45 bits per heavy atom. The highest BCUT2D eigenvalue weighted by atomic mass is 16.8. The number of carbonyl (C=O) groups excluding carboxylic acids is 3. The fourth-order valence-electron chi connectivity index (χ4n) is 9.91. The summed E-state index contributed by atoms with van der Waals surface area (Å²) in [5.41, 5.74) is -1.06. The van der Waals surface area contributed by atoms with Crippen LogP contribution in [0.1, 0.15) is 85.9 Å². The van der Waals surface area contributed by atoms with Crippen LogP contribution in [0.2, 0.25) is 0 Å². The third-order valence-corrected chi connectivity index (χ3v) is 13.5. The second-order valence-electron chi connectivity index (χ2n) is 18.5. The molecule has 0 bridgehead atoms. The van der Waals surface area contributed by atoms with Gasteiger partial charge in [0.15, 0.2) is 24.6 Å². The van der Waals surface area contributed by atoms with Crippen molar-refractivity contribution in [3.05, 3.63) is 72.3 Å². The zero-order valence-electron chi connectivity index (χ0n) is 40.0. The Kier molecular flexibility index (Phi) is 16.5. The van der Waals surface area contributed by atoms with Crippen LogP contribution in [0, 0.1) is 35.5 Å². The number of pyridine rings is 2. The number of esters is 2. The van der Waals surface area contributed by atoms with Gasteiger partial charge in [0.25, 0.3) is 0 Å². The lowest BCUT2D eigenvalue weighted by atomic mass is 9.73. The molecule has 14 atom stereocenters. The van der Waals surface area contributed by atoms with E-state index in [0.29, 0.717) is 17.8 Å². The molecule has 1 N–H and O–H groups in total. The third kappa shape index (κ3) is 11.1. The van der Waals surface area contributed by atoms with E-state index in [1.165, 1.54) is 0 Å². The fraction of sp³-hybridized carbons (Fsp3) is 0.600. The molecule has 3 saturated heterocycles. The summed E-state index contributed by atoms with van der Waals surface area (Å²) in [4.78, 5) is 58.2. The second-order valence-corrected chi connectivity index (χ2v) is 18.5. The number of methoxy groups -OCH3 is 1. The molecule has 16 heteroatoms. The van der Waals surface area contributed by atoms with Crippen molar-refractivity contribution < 1.29 is 57.5 Å². The predicted molar refractivity (Wildman–Crippen MR) is 244 cm³/mol. The van der Waals surface area contributed by atoms with Gasteiger partial charge in [-0.15, -0.1) is 0 Å². The van der Waals surface area contributed by atoms with Crippen LogP contribution in [0.3, 0.4) is 0 Å². The Morgan fingerprint density at radius 2 is 1.76 bits per heavy atom. The normalized spacial score (nSPS) is 34.8. The van der Waals surface area contributed by atoms with E-state index in [2.05, 4.69) is 21.8 Å². The van der Waals surface area contributed by atoms with Gasteiger partial charge in [-0.1, -0.05) is 75.0 Å². The van der Waals surface area contributed by atoms with Gasteiger partial charge < -0.3 is 48.0 Å². The van der Waals surface area contributed by atoms with Crippen LogP contribution in [0.25, 0.3) is 10.8 Å². The third-order valence-electron chi connectivity index (χ3n) is 13.5. The highest BCUT2D eigenvalue weighted by Crippen LogP contribution is 2.43. The van der Waals surface area contributed by atoms with E-state index in [1.54, 1.807) is 57.7 Å². The first-order valence-electron chi connectivity index (χ1n) is 22.8. The minimum absolute atomic E-state index is 0.0878. The molecule has 0 spiro atoms. The smallest absolute Gasteiger partial charge is 0.461 e. The summed E-state index contributed by atoms with van der Waals surface area (Å²) >= 11 is 0. The van der Waals surface area contributed by atoms with Crippen molar-refractivity contribution >= 4 is 34.6 Å². The monoisotopic (exact) mass is 914 g/mol. The van der Waals surface area contributed by atoms with E-state index in [0.717, 1.165) is 16.3 Å². The van der Waals surface area contributed by atoms with Gasteiger partial charge in [0.2, 0.25) is 0 Å². The number of ether oxygens (including phenoxy) is 7. The number of cyclic esters (lactones) is 1. The van der Waals surface area contributed by atoms with Crippen LogP contribution < -0.4 is 0 Å². The summed E-state index contributed by atoms with van der Waals surface area (Å²) in [6.45, 7) is 14.4. The largest absolute Gasteiger partial charge is 0.509 e. The summed E-state index contributed by atoms with van der Waals surface area (Å²) in [7, 11) is 5.32. The maximum atomic E-state index is 14.6. The number of aliphatic hydroxyl groups is 1. The molecule has 16 nitrogen and oxygen atoms in total. The van der Waals surface area contributed by atoms with Crippen LogP contribution in [0.15, 0.2) is 66.2 Å². The molecule has 3 aromatic rings. The summed E-state index contributed by atoms with van der Waals surface area (Å²) in [5.74, 6) is 1.81. The number of aromatic nitrogens is 2. The Hall–Kier alpha value is -5.18.